The molecule has 0 aliphatic heterocycles. The largest absolute Gasteiger partial charge is 0.497 e. The van der Waals surface area contributed by atoms with Crippen LogP contribution in [0.2, 0.25) is 0 Å². The van der Waals surface area contributed by atoms with Crippen molar-refractivity contribution >= 4 is 21.7 Å². The van der Waals surface area contributed by atoms with Gasteiger partial charge in [0.15, 0.2) is 5.78 Å². The average Bonchev–Trinajstić information content (AvgIpc) is 2.52. The molecule has 1 atom stereocenters. The topological polar surface area (TPSA) is 46.5 Å². The maximum absolute atomic E-state index is 12.8. The van der Waals surface area contributed by atoms with Gasteiger partial charge in [-0.25, -0.2) is 0 Å². The fourth-order valence-electron chi connectivity index (χ4n) is 2.32. The lowest BCUT2D eigenvalue weighted by Gasteiger charge is -2.28. The Morgan fingerprint density at radius 3 is 2.26 bits per heavy atom. The van der Waals surface area contributed by atoms with E-state index in [4.69, 9.17) is 4.74 Å². The molecule has 0 fully saturated rings. The Hall–Kier alpha value is -1.65. The van der Waals surface area contributed by atoms with Crippen LogP contribution < -0.4 is 4.74 Å². The highest BCUT2D eigenvalue weighted by molar-refractivity contribution is 9.10. The van der Waals surface area contributed by atoms with Gasteiger partial charge in [0.2, 0.25) is 0 Å². The van der Waals surface area contributed by atoms with Crippen LogP contribution in [-0.4, -0.2) is 18.0 Å². The van der Waals surface area contributed by atoms with Gasteiger partial charge in [0.1, 0.15) is 5.75 Å². The first-order valence-electron chi connectivity index (χ1n) is 7.40. The molecule has 0 heterocycles. The average molecular weight is 377 g/mol. The van der Waals surface area contributed by atoms with Gasteiger partial charge in [0, 0.05) is 15.6 Å². The summed E-state index contributed by atoms with van der Waals surface area (Å²) in [4.78, 5) is 12.8. The van der Waals surface area contributed by atoms with E-state index >= 15 is 0 Å². The van der Waals surface area contributed by atoms with Crippen molar-refractivity contribution in [2.45, 2.75) is 26.9 Å². The van der Waals surface area contributed by atoms with E-state index in [1.54, 1.807) is 37.4 Å². The Kier molecular flexibility index (Phi) is 5.27. The molecule has 23 heavy (non-hydrogen) atoms. The standard InChI is InChI=1S/C19H21BrO3/c1-19(2,3)18(22)16-11-14(23-4)9-10-15(16)17(21)12-5-7-13(20)8-6-12/h5-11,18,22H,1-4H3. The summed E-state index contributed by atoms with van der Waals surface area (Å²) in [7, 11) is 1.57. The fraction of sp³-hybridized carbons (Fsp3) is 0.316. The van der Waals surface area contributed by atoms with Gasteiger partial charge in [0.25, 0.3) is 0 Å². The Bertz CT molecular complexity index is 700. The summed E-state index contributed by atoms with van der Waals surface area (Å²) in [5, 5.41) is 10.7. The lowest BCUT2D eigenvalue weighted by Crippen LogP contribution is -2.21. The summed E-state index contributed by atoms with van der Waals surface area (Å²) in [5.74, 6) is 0.508. The van der Waals surface area contributed by atoms with E-state index < -0.39 is 6.10 Å². The molecule has 0 aromatic heterocycles. The number of ether oxygens (including phenoxy) is 1. The van der Waals surface area contributed by atoms with Crippen molar-refractivity contribution in [2.75, 3.05) is 7.11 Å². The molecule has 122 valence electrons. The van der Waals surface area contributed by atoms with E-state index in [2.05, 4.69) is 15.9 Å². The molecule has 4 heteroatoms. The van der Waals surface area contributed by atoms with E-state index in [0.29, 0.717) is 22.4 Å². The number of benzene rings is 2. The van der Waals surface area contributed by atoms with Crippen LogP contribution in [0, 0.1) is 5.41 Å². The summed E-state index contributed by atoms with van der Waals surface area (Å²) in [6.45, 7) is 5.81. The molecule has 3 nitrogen and oxygen atoms in total. The minimum atomic E-state index is -0.771. The van der Waals surface area contributed by atoms with Gasteiger partial charge in [-0.05, 0) is 53.4 Å². The third-order valence-electron chi connectivity index (χ3n) is 3.72. The van der Waals surface area contributed by atoms with E-state index in [1.807, 2.05) is 32.9 Å². The SMILES string of the molecule is COc1ccc(C(=O)c2ccc(Br)cc2)c(C(O)C(C)(C)C)c1. The highest BCUT2D eigenvalue weighted by Gasteiger charge is 2.28. The van der Waals surface area contributed by atoms with Crippen molar-refractivity contribution in [1.82, 2.24) is 0 Å². The lowest BCUT2D eigenvalue weighted by atomic mass is 9.81. The highest BCUT2D eigenvalue weighted by Crippen LogP contribution is 2.36. The van der Waals surface area contributed by atoms with Gasteiger partial charge >= 0.3 is 0 Å². The molecule has 2 rings (SSSR count). The number of rotatable bonds is 4. The van der Waals surface area contributed by atoms with Crippen LogP contribution in [0.3, 0.4) is 0 Å². The summed E-state index contributed by atoms with van der Waals surface area (Å²) in [6.07, 6.45) is -0.771. The molecule has 0 aliphatic carbocycles. The zero-order chi connectivity index (χ0) is 17.2. The van der Waals surface area contributed by atoms with Crippen molar-refractivity contribution in [3.05, 3.63) is 63.6 Å². The predicted octanol–water partition coefficient (Wildman–Crippen LogP) is 4.77. The summed E-state index contributed by atoms with van der Waals surface area (Å²) in [6, 6.07) is 12.4. The van der Waals surface area contributed by atoms with Crippen molar-refractivity contribution in [3.8, 4) is 5.75 Å². The second-order valence-corrected chi connectivity index (χ2v) is 7.47. The summed E-state index contributed by atoms with van der Waals surface area (Å²) < 4.78 is 6.16. The third kappa shape index (κ3) is 4.01. The Labute approximate surface area is 145 Å². The van der Waals surface area contributed by atoms with Crippen LogP contribution >= 0.6 is 15.9 Å². The first-order valence-corrected chi connectivity index (χ1v) is 8.19. The fourth-order valence-corrected chi connectivity index (χ4v) is 2.59. The van der Waals surface area contributed by atoms with Crippen LogP contribution in [0.1, 0.15) is 48.4 Å². The van der Waals surface area contributed by atoms with Gasteiger partial charge in [-0.2, -0.15) is 0 Å². The quantitative estimate of drug-likeness (QED) is 0.781. The van der Waals surface area contributed by atoms with E-state index in [-0.39, 0.29) is 11.2 Å². The second kappa shape index (κ2) is 6.85. The van der Waals surface area contributed by atoms with Gasteiger partial charge in [0.05, 0.1) is 13.2 Å². The molecule has 2 aromatic rings. The zero-order valence-electron chi connectivity index (χ0n) is 13.8. The molecular weight excluding hydrogens is 356 g/mol. The first kappa shape index (κ1) is 17.7. The van der Waals surface area contributed by atoms with Gasteiger partial charge in [-0.1, -0.05) is 36.7 Å². The first-order chi connectivity index (χ1) is 10.7. The molecule has 0 spiro atoms. The normalized spacial score (nSPS) is 12.8. The number of hydrogen-bond acceptors (Lipinski definition) is 3. The van der Waals surface area contributed by atoms with E-state index in [1.165, 1.54) is 0 Å². The van der Waals surface area contributed by atoms with Crippen LogP contribution in [0.4, 0.5) is 0 Å². The van der Waals surface area contributed by atoms with Crippen molar-refractivity contribution < 1.29 is 14.6 Å². The minimum absolute atomic E-state index is 0.113. The predicted molar refractivity (Wildman–Crippen MR) is 95.0 cm³/mol. The molecule has 0 bridgehead atoms. The summed E-state index contributed by atoms with van der Waals surface area (Å²) in [5.41, 5.74) is 1.28. The molecule has 0 saturated carbocycles. The monoisotopic (exact) mass is 376 g/mol. The van der Waals surface area contributed by atoms with Crippen molar-refractivity contribution in [2.24, 2.45) is 5.41 Å². The maximum Gasteiger partial charge on any atom is 0.193 e. The number of aliphatic hydroxyl groups is 1. The second-order valence-electron chi connectivity index (χ2n) is 6.56. The summed E-state index contributed by atoms with van der Waals surface area (Å²) >= 11 is 3.37. The minimum Gasteiger partial charge on any atom is -0.497 e. The third-order valence-corrected chi connectivity index (χ3v) is 4.25. The van der Waals surface area contributed by atoms with Gasteiger partial charge in [-0.3, -0.25) is 4.79 Å². The molecule has 1 unspecified atom stereocenters. The Morgan fingerprint density at radius 2 is 1.74 bits per heavy atom. The number of carbonyl (C=O) groups excluding carboxylic acids is 1. The highest BCUT2D eigenvalue weighted by atomic mass is 79.9. The number of aliphatic hydroxyl groups excluding tert-OH is 1. The number of methoxy groups -OCH3 is 1. The lowest BCUT2D eigenvalue weighted by molar-refractivity contribution is 0.0612. The maximum atomic E-state index is 12.8. The number of carbonyl (C=O) groups is 1. The van der Waals surface area contributed by atoms with Crippen molar-refractivity contribution in [3.63, 3.8) is 0 Å². The molecule has 0 aliphatic rings. The van der Waals surface area contributed by atoms with Gasteiger partial charge < -0.3 is 9.84 Å². The number of hydrogen-bond donors (Lipinski definition) is 1. The molecular formula is C19H21BrO3. The van der Waals surface area contributed by atoms with Crippen LogP contribution in [0.5, 0.6) is 5.75 Å². The van der Waals surface area contributed by atoms with E-state index in [0.717, 1.165) is 4.47 Å². The zero-order valence-corrected chi connectivity index (χ0v) is 15.3. The molecule has 1 N–H and O–H groups in total. The Balaban J connectivity index is 2.53. The van der Waals surface area contributed by atoms with Crippen molar-refractivity contribution in [1.29, 1.82) is 0 Å². The molecule has 0 radical (unpaired) electrons. The van der Waals surface area contributed by atoms with Crippen LogP contribution in [0.15, 0.2) is 46.9 Å². The smallest absolute Gasteiger partial charge is 0.193 e. The van der Waals surface area contributed by atoms with Crippen LogP contribution in [-0.2, 0) is 0 Å². The van der Waals surface area contributed by atoms with Gasteiger partial charge in [-0.15, -0.1) is 0 Å². The molecule has 2 aromatic carbocycles. The molecule has 0 amide bonds. The van der Waals surface area contributed by atoms with Crippen LogP contribution in [0.25, 0.3) is 0 Å². The Morgan fingerprint density at radius 1 is 1.13 bits per heavy atom. The number of halogens is 1. The molecule has 0 saturated heterocycles. The van der Waals surface area contributed by atoms with E-state index in [9.17, 15) is 9.90 Å². The number of ketones is 1.